The van der Waals surface area contributed by atoms with Gasteiger partial charge < -0.3 is 5.32 Å². The van der Waals surface area contributed by atoms with Crippen LogP contribution in [0.3, 0.4) is 0 Å². The summed E-state index contributed by atoms with van der Waals surface area (Å²) in [5.41, 5.74) is 0.863. The van der Waals surface area contributed by atoms with Gasteiger partial charge in [0.1, 0.15) is 0 Å². The van der Waals surface area contributed by atoms with E-state index in [0.29, 0.717) is 0 Å². The topological polar surface area (TPSA) is 72.2 Å². The first kappa shape index (κ1) is 11.8. The largest absolute Gasteiger partial charge is 0.348 e. The van der Waals surface area contributed by atoms with Gasteiger partial charge in [-0.05, 0) is 37.3 Å². The summed E-state index contributed by atoms with van der Waals surface area (Å²) in [6.07, 6.45) is 5.95. The van der Waals surface area contributed by atoms with E-state index in [1.165, 1.54) is 23.3 Å². The molecule has 1 heterocycles. The first-order chi connectivity index (χ1) is 8.20. The number of carbonyl (C=O) groups is 1. The Hall–Kier alpha value is -1.69. The number of hydrogen-bond donors (Lipinski definition) is 1. The van der Waals surface area contributed by atoms with E-state index in [-0.39, 0.29) is 6.29 Å². The minimum atomic E-state index is -0.701. The van der Waals surface area contributed by atoms with E-state index < -0.39 is 10.6 Å². The fourth-order valence-corrected chi connectivity index (χ4v) is 2.96. The van der Waals surface area contributed by atoms with Crippen LogP contribution in [0.2, 0.25) is 0 Å². The molecule has 6 heteroatoms. The van der Waals surface area contributed by atoms with Gasteiger partial charge in [0.15, 0.2) is 0 Å². The van der Waals surface area contributed by atoms with Crippen molar-refractivity contribution in [3.05, 3.63) is 38.5 Å². The van der Waals surface area contributed by atoms with Gasteiger partial charge in [0, 0.05) is 4.88 Å². The molecule has 0 amide bonds. The molecule has 1 aliphatic carbocycles. The molecule has 1 aromatic heterocycles. The Kier molecular flexibility index (Phi) is 3.53. The number of hydrogen-bond acceptors (Lipinski definition) is 5. The molecule has 0 radical (unpaired) electrons. The fraction of sp³-hybridized carbons (Fsp3) is 0.364. The molecular weight excluding hydrogens is 240 g/mol. The van der Waals surface area contributed by atoms with Gasteiger partial charge in [-0.1, -0.05) is 0 Å². The van der Waals surface area contributed by atoms with Crippen LogP contribution in [0, 0.1) is 10.1 Å². The molecule has 0 aromatic carbocycles. The number of thiophene rings is 1. The lowest BCUT2D eigenvalue weighted by Crippen LogP contribution is -2.02. The molecule has 5 nitrogen and oxygen atoms in total. The van der Waals surface area contributed by atoms with E-state index in [4.69, 9.17) is 0 Å². The second-order valence-corrected chi connectivity index (χ2v) is 4.99. The highest BCUT2D eigenvalue weighted by Crippen LogP contribution is 2.32. The maximum atomic E-state index is 10.4. The minimum absolute atomic E-state index is 0.237. The zero-order valence-corrected chi connectivity index (χ0v) is 9.96. The Morgan fingerprint density at radius 1 is 1.47 bits per heavy atom. The summed E-state index contributed by atoms with van der Waals surface area (Å²) < 4.78 is 0. The first-order valence-corrected chi connectivity index (χ1v) is 6.20. The average Bonchev–Trinajstić information content (AvgIpc) is 2.71. The van der Waals surface area contributed by atoms with Gasteiger partial charge in [-0.2, -0.15) is 0 Å². The zero-order valence-electron chi connectivity index (χ0n) is 9.14. The number of aldehydes is 1. The third-order valence-corrected chi connectivity index (χ3v) is 3.86. The maximum Gasteiger partial charge on any atom is 0.324 e. The number of nitro groups is 1. The van der Waals surface area contributed by atoms with Crippen LogP contribution in [-0.4, -0.2) is 11.2 Å². The van der Waals surface area contributed by atoms with Crippen LogP contribution in [0.25, 0.3) is 0 Å². The van der Waals surface area contributed by atoms with Gasteiger partial charge in [-0.15, -0.1) is 11.3 Å². The lowest BCUT2D eigenvalue weighted by molar-refractivity contribution is -0.417. The van der Waals surface area contributed by atoms with E-state index in [9.17, 15) is 14.9 Å². The van der Waals surface area contributed by atoms with E-state index in [1.807, 2.05) is 6.07 Å². The number of carbonyl (C=O) groups excluding carboxylic acids is 1. The summed E-state index contributed by atoms with van der Waals surface area (Å²) in [6.45, 7) is 0. The van der Waals surface area contributed by atoms with Gasteiger partial charge in [0.2, 0.25) is 6.29 Å². The SMILES string of the molecule is O=C/C(=C/Nc1cc2c(s1)CCCC2)[N+](=O)[O-]. The molecule has 0 spiro atoms. The zero-order chi connectivity index (χ0) is 12.3. The van der Waals surface area contributed by atoms with Crippen LogP contribution in [-0.2, 0) is 17.6 Å². The van der Waals surface area contributed by atoms with Crippen LogP contribution >= 0.6 is 11.3 Å². The molecule has 0 atom stereocenters. The number of nitrogens with zero attached hydrogens (tertiary/aromatic N) is 1. The van der Waals surface area contributed by atoms with Gasteiger partial charge in [-0.25, -0.2) is 0 Å². The molecule has 0 aliphatic heterocycles. The van der Waals surface area contributed by atoms with Crippen LogP contribution in [0.15, 0.2) is 18.0 Å². The lowest BCUT2D eigenvalue weighted by Gasteiger charge is -2.08. The molecule has 0 saturated carbocycles. The van der Waals surface area contributed by atoms with E-state index in [1.54, 1.807) is 11.3 Å². The molecular formula is C11H12N2O3S. The van der Waals surface area contributed by atoms with Crippen LogP contribution in [0.4, 0.5) is 5.00 Å². The summed E-state index contributed by atoms with van der Waals surface area (Å²) in [7, 11) is 0. The minimum Gasteiger partial charge on any atom is -0.348 e. The number of anilines is 1. The number of nitrogens with one attached hydrogen (secondary N) is 1. The molecule has 1 N–H and O–H groups in total. The van der Waals surface area contributed by atoms with E-state index in [2.05, 4.69) is 5.32 Å². The summed E-state index contributed by atoms with van der Waals surface area (Å²) in [5.74, 6) is 0. The average molecular weight is 252 g/mol. The van der Waals surface area contributed by atoms with Gasteiger partial charge >= 0.3 is 5.70 Å². The fourth-order valence-electron chi connectivity index (χ4n) is 1.84. The lowest BCUT2D eigenvalue weighted by atomic mass is 10.00. The third-order valence-electron chi connectivity index (χ3n) is 2.69. The van der Waals surface area contributed by atoms with Crippen molar-refractivity contribution < 1.29 is 9.72 Å². The summed E-state index contributed by atoms with van der Waals surface area (Å²) >= 11 is 1.61. The predicted molar refractivity (Wildman–Crippen MR) is 65.7 cm³/mol. The number of aryl methyl sites for hydroxylation is 2. The number of fused-ring (bicyclic) bond motifs is 1. The molecule has 2 rings (SSSR count). The van der Waals surface area contributed by atoms with Crippen molar-refractivity contribution in [2.45, 2.75) is 25.7 Å². The van der Waals surface area contributed by atoms with Crippen molar-refractivity contribution in [1.29, 1.82) is 0 Å². The van der Waals surface area contributed by atoms with Crippen LogP contribution in [0.1, 0.15) is 23.3 Å². The van der Waals surface area contributed by atoms with Gasteiger partial charge in [-0.3, -0.25) is 14.9 Å². The van der Waals surface area contributed by atoms with Gasteiger partial charge in [0.05, 0.1) is 16.1 Å². The van der Waals surface area contributed by atoms with Crippen molar-refractivity contribution in [2.75, 3.05) is 5.32 Å². The van der Waals surface area contributed by atoms with Crippen molar-refractivity contribution in [3.63, 3.8) is 0 Å². The standard InChI is InChI=1S/C11H12N2O3S/c14-7-9(13(15)16)6-12-11-5-8-3-1-2-4-10(8)17-11/h5-7,12H,1-4H2/b9-6-. The molecule has 17 heavy (non-hydrogen) atoms. The number of allylic oxidation sites excluding steroid dienone is 1. The quantitative estimate of drug-likeness (QED) is 0.386. The smallest absolute Gasteiger partial charge is 0.324 e. The van der Waals surface area contributed by atoms with Crippen LogP contribution < -0.4 is 5.32 Å². The van der Waals surface area contributed by atoms with Gasteiger partial charge in [0.25, 0.3) is 0 Å². The molecule has 1 aliphatic rings. The third kappa shape index (κ3) is 2.71. The van der Waals surface area contributed by atoms with Crippen molar-refractivity contribution in [1.82, 2.24) is 0 Å². The Bertz CT molecular complexity index is 456. The molecule has 0 saturated heterocycles. The highest BCUT2D eigenvalue weighted by molar-refractivity contribution is 7.16. The first-order valence-electron chi connectivity index (χ1n) is 5.38. The highest BCUT2D eigenvalue weighted by Gasteiger charge is 2.13. The molecule has 90 valence electrons. The summed E-state index contributed by atoms with van der Waals surface area (Å²) in [6, 6.07) is 2.01. The van der Waals surface area contributed by atoms with Crippen LogP contribution in [0.5, 0.6) is 0 Å². The van der Waals surface area contributed by atoms with Crippen molar-refractivity contribution in [3.8, 4) is 0 Å². The molecule has 0 bridgehead atoms. The Balaban J connectivity index is 2.11. The van der Waals surface area contributed by atoms with E-state index in [0.717, 1.165) is 24.0 Å². The Morgan fingerprint density at radius 2 is 2.24 bits per heavy atom. The predicted octanol–water partition coefficient (Wildman–Crippen LogP) is 2.36. The normalized spacial score (nSPS) is 15.2. The summed E-state index contributed by atoms with van der Waals surface area (Å²) in [5, 5.41) is 14.1. The Morgan fingerprint density at radius 3 is 2.88 bits per heavy atom. The second-order valence-electron chi connectivity index (χ2n) is 3.85. The molecule has 1 aromatic rings. The number of rotatable bonds is 4. The summed E-state index contributed by atoms with van der Waals surface area (Å²) in [4.78, 5) is 21.5. The molecule has 0 unspecified atom stereocenters. The van der Waals surface area contributed by atoms with E-state index >= 15 is 0 Å². The monoisotopic (exact) mass is 252 g/mol. The van der Waals surface area contributed by atoms with Crippen molar-refractivity contribution in [2.24, 2.45) is 0 Å². The Labute approximate surface area is 102 Å². The second kappa shape index (κ2) is 5.09. The van der Waals surface area contributed by atoms with Crippen molar-refractivity contribution >= 4 is 22.6 Å². The maximum absolute atomic E-state index is 10.4. The highest BCUT2D eigenvalue weighted by atomic mass is 32.1. The molecule has 0 fully saturated rings.